The van der Waals surface area contributed by atoms with E-state index < -0.39 is 23.8 Å². The molecule has 110 valence electrons. The second-order valence-electron chi connectivity index (χ2n) is 3.54. The van der Waals surface area contributed by atoms with Crippen molar-refractivity contribution < 1.29 is 19.8 Å². The summed E-state index contributed by atoms with van der Waals surface area (Å²) in [6.45, 7) is 7.04. The van der Waals surface area contributed by atoms with Gasteiger partial charge in [0.05, 0.1) is 11.8 Å². The topological polar surface area (TPSA) is 74.6 Å². The number of carboxylic acid groups (broad SMARTS) is 2. The van der Waals surface area contributed by atoms with Gasteiger partial charge in [-0.2, -0.15) is 0 Å². The highest BCUT2D eigenvalue weighted by atomic mass is 16.4. The molecule has 2 atom stereocenters. The second kappa shape index (κ2) is 15.7. The maximum Gasteiger partial charge on any atom is 0.307 e. The molecule has 4 heteroatoms. The molecular formula is C14H30O4. The Labute approximate surface area is 112 Å². The van der Waals surface area contributed by atoms with Gasteiger partial charge in [0.15, 0.2) is 0 Å². The van der Waals surface area contributed by atoms with Crippen LogP contribution < -0.4 is 0 Å². The third-order valence-corrected chi connectivity index (χ3v) is 2.17. The Morgan fingerprint density at radius 1 is 0.889 bits per heavy atom. The predicted octanol–water partition coefficient (Wildman–Crippen LogP) is 4.06. The summed E-state index contributed by atoms with van der Waals surface area (Å²) in [4.78, 5) is 20.4. The summed E-state index contributed by atoms with van der Waals surface area (Å²) >= 11 is 0. The third-order valence-electron chi connectivity index (χ3n) is 2.17. The molecule has 0 saturated carbocycles. The number of hydrogen-bond acceptors (Lipinski definition) is 2. The number of carboxylic acids is 2. The Balaban J connectivity index is -0.000000108. The number of rotatable bonds is 5. The van der Waals surface area contributed by atoms with Gasteiger partial charge in [0.25, 0.3) is 0 Å². The molecule has 0 aromatic carbocycles. The van der Waals surface area contributed by atoms with Crippen molar-refractivity contribution in [1.29, 1.82) is 0 Å². The first-order valence-corrected chi connectivity index (χ1v) is 5.48. The van der Waals surface area contributed by atoms with Gasteiger partial charge in [-0.05, 0) is 12.8 Å². The van der Waals surface area contributed by atoms with E-state index in [0.29, 0.717) is 0 Å². The van der Waals surface area contributed by atoms with Crippen LogP contribution in [-0.4, -0.2) is 22.2 Å². The molecule has 0 bridgehead atoms. The minimum Gasteiger partial charge on any atom is -0.481 e. The van der Waals surface area contributed by atoms with Crippen molar-refractivity contribution in [1.82, 2.24) is 0 Å². The van der Waals surface area contributed by atoms with E-state index in [1.807, 2.05) is 0 Å². The Morgan fingerprint density at radius 3 is 1.22 bits per heavy atom. The predicted molar refractivity (Wildman–Crippen MR) is 76.8 cm³/mol. The average molecular weight is 262 g/mol. The number of allylic oxidation sites excluding steroid dienone is 2. The zero-order chi connectivity index (χ0) is 13.1. The highest BCUT2D eigenvalue weighted by Gasteiger charge is 2.24. The van der Waals surface area contributed by atoms with E-state index in [0.717, 1.165) is 0 Å². The van der Waals surface area contributed by atoms with Crippen LogP contribution in [0.2, 0.25) is 0 Å². The fourth-order valence-electron chi connectivity index (χ4n) is 0.761. The zero-order valence-electron chi connectivity index (χ0n) is 10.4. The molecule has 0 aliphatic rings. The lowest BCUT2D eigenvalue weighted by molar-refractivity contribution is -0.152. The van der Waals surface area contributed by atoms with Crippen molar-refractivity contribution in [3.05, 3.63) is 12.2 Å². The summed E-state index contributed by atoms with van der Waals surface area (Å²) < 4.78 is 0. The Kier molecular flexibility index (Phi) is 22.2. The van der Waals surface area contributed by atoms with Gasteiger partial charge in [-0.25, -0.2) is 0 Å². The van der Waals surface area contributed by atoms with E-state index in [1.54, 1.807) is 0 Å². The van der Waals surface area contributed by atoms with Crippen LogP contribution in [0.4, 0.5) is 0 Å². The van der Waals surface area contributed by atoms with Gasteiger partial charge in [0, 0.05) is 0 Å². The molecule has 0 spiro atoms. The van der Waals surface area contributed by atoms with Gasteiger partial charge >= 0.3 is 11.9 Å². The lowest BCUT2D eigenvalue weighted by Gasteiger charge is -2.09. The molecule has 0 aliphatic carbocycles. The highest BCUT2D eigenvalue weighted by molar-refractivity contribution is 5.79. The van der Waals surface area contributed by atoms with Crippen molar-refractivity contribution in [2.24, 2.45) is 11.8 Å². The summed E-state index contributed by atoms with van der Waals surface area (Å²) in [7, 11) is 0. The lowest BCUT2D eigenvalue weighted by Crippen LogP contribution is -2.24. The molecule has 0 rings (SSSR count). The van der Waals surface area contributed by atoms with Crippen molar-refractivity contribution in [2.45, 2.75) is 55.4 Å². The van der Waals surface area contributed by atoms with Crippen molar-refractivity contribution >= 4 is 11.9 Å². The molecule has 0 radical (unpaired) electrons. The van der Waals surface area contributed by atoms with E-state index >= 15 is 0 Å². The summed E-state index contributed by atoms with van der Waals surface area (Å²) in [5.41, 5.74) is 0. The second-order valence-corrected chi connectivity index (χ2v) is 3.54. The number of aliphatic carboxylic acids is 2. The zero-order valence-corrected chi connectivity index (χ0v) is 10.4. The molecule has 2 unspecified atom stereocenters. The van der Waals surface area contributed by atoms with Crippen LogP contribution in [-0.2, 0) is 9.59 Å². The lowest BCUT2D eigenvalue weighted by atomic mass is 9.97. The van der Waals surface area contributed by atoms with Crippen LogP contribution in [0.3, 0.4) is 0 Å². The molecule has 0 fully saturated rings. The molecule has 0 amide bonds. The van der Waals surface area contributed by atoms with Crippen LogP contribution in [0, 0.1) is 11.8 Å². The Morgan fingerprint density at radius 2 is 1.11 bits per heavy atom. The smallest absolute Gasteiger partial charge is 0.307 e. The fourth-order valence-corrected chi connectivity index (χ4v) is 0.761. The van der Waals surface area contributed by atoms with Gasteiger partial charge in [0.1, 0.15) is 0 Å². The fraction of sp³-hybridized carbons (Fsp3) is 0.714. The molecule has 18 heavy (non-hydrogen) atoms. The van der Waals surface area contributed by atoms with Gasteiger partial charge in [-0.3, -0.25) is 9.59 Å². The van der Waals surface area contributed by atoms with Crippen LogP contribution in [0.25, 0.3) is 0 Å². The van der Waals surface area contributed by atoms with Crippen LogP contribution in [0.15, 0.2) is 12.2 Å². The van der Waals surface area contributed by atoms with E-state index in [9.17, 15) is 9.59 Å². The molecule has 0 aromatic heterocycles. The Bertz CT molecular complexity index is 210. The summed E-state index contributed by atoms with van der Waals surface area (Å²) in [5.74, 6) is -3.79. The molecule has 2 N–H and O–H groups in total. The molecule has 0 aromatic rings. The highest BCUT2D eigenvalue weighted by Crippen LogP contribution is 2.10. The largest absolute Gasteiger partial charge is 0.481 e. The van der Waals surface area contributed by atoms with Crippen LogP contribution in [0.1, 0.15) is 55.4 Å². The minimum absolute atomic E-state index is 0. The average Bonchev–Trinajstić information content (AvgIpc) is 2.24. The molecule has 0 saturated heterocycles. The summed E-state index contributed by atoms with van der Waals surface area (Å²) in [6, 6.07) is 0. The van der Waals surface area contributed by atoms with Crippen LogP contribution >= 0.6 is 0 Å². The van der Waals surface area contributed by atoms with Crippen molar-refractivity contribution in [2.75, 3.05) is 0 Å². The quantitative estimate of drug-likeness (QED) is 0.732. The maximum absolute atomic E-state index is 10.2. The van der Waals surface area contributed by atoms with Crippen molar-refractivity contribution in [3.8, 4) is 0 Å². The summed E-state index contributed by atoms with van der Waals surface area (Å²) in [6.07, 6.45) is 6.71. The number of hydrogen-bond donors (Lipinski definition) is 2. The van der Waals surface area contributed by atoms with E-state index in [1.165, 1.54) is 26.7 Å². The normalized spacial score (nSPS) is 12.2. The van der Waals surface area contributed by atoms with Gasteiger partial charge in [0.2, 0.25) is 0 Å². The van der Waals surface area contributed by atoms with Gasteiger partial charge < -0.3 is 10.2 Å². The first kappa shape index (κ1) is 25.5. The van der Waals surface area contributed by atoms with E-state index in [2.05, 4.69) is 26.0 Å². The molecule has 0 heterocycles. The third kappa shape index (κ3) is 14.7. The van der Waals surface area contributed by atoms with Gasteiger partial charge in [-0.15, -0.1) is 0 Å². The van der Waals surface area contributed by atoms with Crippen LogP contribution in [0.5, 0.6) is 0 Å². The van der Waals surface area contributed by atoms with E-state index in [4.69, 9.17) is 10.2 Å². The first-order chi connectivity index (χ1) is 7.38. The van der Waals surface area contributed by atoms with E-state index in [-0.39, 0.29) is 14.9 Å². The monoisotopic (exact) mass is 262 g/mol. The summed E-state index contributed by atoms with van der Waals surface area (Å²) in [5, 5.41) is 16.7. The molecule has 0 aliphatic heterocycles. The molecular weight excluding hydrogens is 232 g/mol. The van der Waals surface area contributed by atoms with Crippen molar-refractivity contribution in [3.63, 3.8) is 0 Å². The van der Waals surface area contributed by atoms with Gasteiger partial charge in [-0.1, -0.05) is 54.7 Å². The first-order valence-electron chi connectivity index (χ1n) is 5.48. The molecule has 4 nitrogen and oxygen atoms in total. The standard InChI is InChI=1S/C6H10O4.C6H12.2CH4/c1-3(5(7)8)4(2)6(9)10;1-3-5-6-4-2;;/h3-4H,1-2H3,(H,7,8)(H,9,10);5-6H,3-4H2,1-2H3;2*1H4/b;6-5-;;. The SMILES string of the molecule is C.C.CC(C(=O)O)C(C)C(=O)O.CC/C=C\CC. The number of carbonyl (C=O) groups is 2. The minimum atomic E-state index is -1.07. The maximum atomic E-state index is 10.2. The Hall–Kier alpha value is -1.32.